The van der Waals surface area contributed by atoms with Crippen molar-refractivity contribution >= 4 is 38.8 Å². The summed E-state index contributed by atoms with van der Waals surface area (Å²) in [4.78, 5) is 55.2. The molecular weight excluding hydrogens is 602 g/mol. The first-order valence-electron chi connectivity index (χ1n) is 15.0. The van der Waals surface area contributed by atoms with E-state index in [-0.39, 0.29) is 64.5 Å². The highest BCUT2D eigenvalue weighted by atomic mass is 31.2. The molecular formula is C28H42N2O11P2. The lowest BCUT2D eigenvalue weighted by atomic mass is 9.85. The quantitative estimate of drug-likeness (QED) is 0.105. The maximum Gasteiger partial charge on any atom is 0.338 e. The van der Waals surface area contributed by atoms with Gasteiger partial charge >= 0.3 is 15.2 Å². The zero-order chi connectivity index (χ0) is 31.4. The van der Waals surface area contributed by atoms with Gasteiger partial charge in [0.15, 0.2) is 0 Å². The van der Waals surface area contributed by atoms with Gasteiger partial charge in [-0.2, -0.15) is 0 Å². The summed E-state index contributed by atoms with van der Waals surface area (Å²) in [5.74, 6) is -4.66. The van der Waals surface area contributed by atoms with Gasteiger partial charge in [-0.3, -0.25) is 38.1 Å². The van der Waals surface area contributed by atoms with Gasteiger partial charge in [0.25, 0.3) is 0 Å². The van der Waals surface area contributed by atoms with Gasteiger partial charge in [0.05, 0.1) is 87.7 Å². The first-order chi connectivity index (χ1) is 20.6. The monoisotopic (exact) mass is 644 g/mol. The van der Waals surface area contributed by atoms with E-state index in [1.165, 1.54) is 0 Å². The number of ether oxygens (including phenoxy) is 1. The Bertz CT molecular complexity index is 1120. The Hall–Kier alpha value is -1.98. The van der Waals surface area contributed by atoms with Crippen molar-refractivity contribution in [2.45, 2.75) is 51.9 Å². The number of fused-ring (bicyclic) bond motifs is 2. The third-order valence-corrected chi connectivity index (χ3v) is 13.1. The molecule has 43 heavy (non-hydrogen) atoms. The number of nitrogens with zero attached hydrogens (tertiary/aromatic N) is 2. The van der Waals surface area contributed by atoms with Crippen LogP contribution in [0.1, 0.15) is 40.5 Å². The van der Waals surface area contributed by atoms with Crippen LogP contribution in [0.3, 0.4) is 0 Å². The fourth-order valence-corrected chi connectivity index (χ4v) is 10.9. The molecule has 0 bridgehead atoms. The fourth-order valence-electron chi connectivity index (χ4n) is 6.46. The largest absolute Gasteiger partial charge is 0.378 e. The third-order valence-electron chi connectivity index (χ3n) is 8.20. The van der Waals surface area contributed by atoms with Gasteiger partial charge in [-0.25, -0.2) is 0 Å². The number of carbonyl (C=O) groups is 4. The van der Waals surface area contributed by atoms with Gasteiger partial charge < -0.3 is 22.8 Å². The topological polar surface area (TPSA) is 155 Å². The average Bonchev–Trinajstić information content (AvgIpc) is 3.37. The summed E-state index contributed by atoms with van der Waals surface area (Å²) < 4.78 is 54.6. The van der Waals surface area contributed by atoms with E-state index in [4.69, 9.17) is 22.8 Å². The van der Waals surface area contributed by atoms with Crippen LogP contribution in [0, 0.1) is 23.7 Å². The van der Waals surface area contributed by atoms with Crippen molar-refractivity contribution in [1.29, 1.82) is 0 Å². The first-order valence-corrected chi connectivity index (χ1v) is 18.2. The lowest BCUT2D eigenvalue weighted by Gasteiger charge is -2.31. The average molecular weight is 645 g/mol. The first kappa shape index (κ1) is 33.9. The second kappa shape index (κ2) is 14.4. The van der Waals surface area contributed by atoms with Crippen LogP contribution >= 0.6 is 15.2 Å². The number of imide groups is 2. The number of carbonyl (C=O) groups excluding carboxylic acids is 4. The summed E-state index contributed by atoms with van der Waals surface area (Å²) in [6.07, 6.45) is 7.48. The van der Waals surface area contributed by atoms with Crippen molar-refractivity contribution in [3.63, 3.8) is 0 Å². The van der Waals surface area contributed by atoms with Crippen molar-refractivity contribution in [2.75, 3.05) is 52.7 Å². The predicted molar refractivity (Wildman–Crippen MR) is 155 cm³/mol. The molecule has 13 nitrogen and oxygen atoms in total. The van der Waals surface area contributed by atoms with Crippen LogP contribution in [0.15, 0.2) is 24.3 Å². The minimum absolute atomic E-state index is 0.0132. The van der Waals surface area contributed by atoms with Gasteiger partial charge in [0.1, 0.15) is 0 Å². The Kier molecular flexibility index (Phi) is 11.4. The molecule has 4 aliphatic rings. The number of allylic oxidation sites excluding steroid dienone is 4. The van der Waals surface area contributed by atoms with Crippen LogP contribution < -0.4 is 0 Å². The zero-order valence-corrected chi connectivity index (χ0v) is 26.9. The molecule has 0 aromatic heterocycles. The van der Waals surface area contributed by atoms with Crippen LogP contribution in [-0.2, 0) is 51.1 Å². The highest BCUT2D eigenvalue weighted by molar-refractivity contribution is 7.55. The van der Waals surface area contributed by atoms with Gasteiger partial charge in [-0.05, 0) is 40.5 Å². The van der Waals surface area contributed by atoms with Crippen molar-refractivity contribution in [1.82, 2.24) is 9.80 Å². The number of likely N-dealkylation sites (tertiary alicyclic amines) is 2. The van der Waals surface area contributed by atoms with Gasteiger partial charge in [0, 0.05) is 0 Å². The highest BCUT2D eigenvalue weighted by Crippen LogP contribution is 2.61. The summed E-state index contributed by atoms with van der Waals surface area (Å²) in [6, 6.07) is 0. The van der Waals surface area contributed by atoms with E-state index in [9.17, 15) is 28.3 Å². The summed E-state index contributed by atoms with van der Waals surface area (Å²) in [5, 5.41) is 0. The summed E-state index contributed by atoms with van der Waals surface area (Å²) >= 11 is 0. The standard InChI is InChI=1S/C28H42N2O11P2/c1-5-38-42(35,39-6-2)21-13-9-11-19-23(21)27(33)29(25(19)31)15-17-37-18-16-30-26(32)20-12-10-14-22(24(20)28(30)34)43(36,40-7-3)41-8-4/h9-10,13-14,19-24H,5-8,11-12,15-18H2,1-4H3/t19-,20-,21+,22+,23-,24-/m0/s1. The van der Waals surface area contributed by atoms with Crippen LogP contribution in [0.4, 0.5) is 0 Å². The van der Waals surface area contributed by atoms with E-state index >= 15 is 0 Å². The van der Waals surface area contributed by atoms with E-state index in [0.29, 0.717) is 12.8 Å². The van der Waals surface area contributed by atoms with Crippen LogP contribution in [0.25, 0.3) is 0 Å². The molecule has 4 rings (SSSR count). The zero-order valence-electron chi connectivity index (χ0n) is 25.1. The predicted octanol–water partition coefficient (Wildman–Crippen LogP) is 3.39. The SMILES string of the molecule is CCOP(=O)(OCC)[C@@H]1C=CC[C@@H]2C(=O)N(CCOCCN3C(=O)[C@H]4[C@H](CC=C[C@H]4P(=O)(OCC)OCC)C3=O)C(=O)[C@@H]21. The summed E-state index contributed by atoms with van der Waals surface area (Å²) in [6.45, 7) is 7.21. The molecule has 0 N–H and O–H groups in total. The van der Waals surface area contributed by atoms with Crippen LogP contribution in [0.2, 0.25) is 0 Å². The Morgan fingerprint density at radius 2 is 0.977 bits per heavy atom. The number of hydrogen-bond donors (Lipinski definition) is 0. The molecule has 2 heterocycles. The number of hydrogen-bond acceptors (Lipinski definition) is 11. The van der Waals surface area contributed by atoms with Gasteiger partial charge in [-0.1, -0.05) is 24.3 Å². The van der Waals surface area contributed by atoms with Crippen molar-refractivity contribution in [3.8, 4) is 0 Å². The minimum Gasteiger partial charge on any atom is -0.378 e. The molecule has 15 heteroatoms. The Morgan fingerprint density at radius 3 is 1.30 bits per heavy atom. The Labute approximate surface area is 252 Å². The highest BCUT2D eigenvalue weighted by Gasteiger charge is 2.58. The lowest BCUT2D eigenvalue weighted by Crippen LogP contribution is -2.38. The van der Waals surface area contributed by atoms with E-state index in [2.05, 4.69) is 0 Å². The molecule has 0 aromatic carbocycles. The van der Waals surface area contributed by atoms with Gasteiger partial charge in [-0.15, -0.1) is 0 Å². The molecule has 4 amide bonds. The number of rotatable bonds is 16. The summed E-state index contributed by atoms with van der Waals surface area (Å²) in [7, 11) is -7.35. The van der Waals surface area contributed by atoms with Crippen LogP contribution in [-0.4, -0.2) is 97.5 Å². The maximum absolute atomic E-state index is 13.5. The van der Waals surface area contributed by atoms with Crippen molar-refractivity contribution in [2.24, 2.45) is 23.7 Å². The van der Waals surface area contributed by atoms with Crippen LogP contribution in [0.5, 0.6) is 0 Å². The molecule has 240 valence electrons. The molecule has 2 aliphatic heterocycles. The third kappa shape index (κ3) is 6.54. The van der Waals surface area contributed by atoms with Crippen molar-refractivity contribution < 1.29 is 51.1 Å². The molecule has 0 saturated carbocycles. The maximum atomic E-state index is 13.5. The Morgan fingerprint density at radius 1 is 0.628 bits per heavy atom. The molecule has 6 atom stereocenters. The molecule has 0 radical (unpaired) electrons. The van der Waals surface area contributed by atoms with E-state index in [1.54, 1.807) is 52.0 Å². The van der Waals surface area contributed by atoms with Crippen molar-refractivity contribution in [3.05, 3.63) is 24.3 Å². The van der Waals surface area contributed by atoms with E-state index < -0.39 is 62.0 Å². The summed E-state index contributed by atoms with van der Waals surface area (Å²) in [5.41, 5.74) is -1.72. The van der Waals surface area contributed by atoms with Gasteiger partial charge in [0.2, 0.25) is 23.6 Å². The molecule has 0 aromatic rings. The molecule has 2 fully saturated rings. The second-order valence-electron chi connectivity index (χ2n) is 10.6. The smallest absolute Gasteiger partial charge is 0.338 e. The molecule has 0 spiro atoms. The fraction of sp³-hybridized carbons (Fsp3) is 0.714. The minimum atomic E-state index is -3.68. The van der Waals surface area contributed by atoms with E-state index in [0.717, 1.165) is 9.80 Å². The number of amides is 4. The molecule has 0 unspecified atom stereocenters. The normalized spacial score (nSPS) is 29.1. The lowest BCUT2D eigenvalue weighted by molar-refractivity contribution is -0.141. The Balaban J connectivity index is 1.34. The molecule has 2 saturated heterocycles. The van der Waals surface area contributed by atoms with E-state index in [1.807, 2.05) is 0 Å². The molecule has 2 aliphatic carbocycles. The second-order valence-corrected chi connectivity index (χ2v) is 15.0.